The minimum atomic E-state index is 0.238. The van der Waals surface area contributed by atoms with Crippen molar-refractivity contribution in [3.8, 4) is 11.5 Å². The monoisotopic (exact) mass is 478 g/mol. The lowest BCUT2D eigenvalue weighted by atomic mass is 9.93. The second kappa shape index (κ2) is 12.4. The fourth-order valence-corrected chi connectivity index (χ4v) is 5.29. The first-order valence-corrected chi connectivity index (χ1v) is 13.6. The number of hydrogen-bond donors (Lipinski definition) is 0. The number of fused-ring (bicyclic) bond motifs is 1. The number of rotatable bonds is 11. The van der Waals surface area contributed by atoms with Crippen molar-refractivity contribution in [1.82, 2.24) is 9.80 Å². The van der Waals surface area contributed by atoms with Gasteiger partial charge < -0.3 is 14.4 Å². The maximum atomic E-state index is 13.5. The molecular formula is C30H42N2O3. The molecule has 0 aliphatic carbocycles. The molecule has 5 nitrogen and oxygen atoms in total. The average molecular weight is 479 g/mol. The van der Waals surface area contributed by atoms with Crippen LogP contribution in [0.5, 0.6) is 11.5 Å². The lowest BCUT2D eigenvalue weighted by Crippen LogP contribution is -2.41. The largest absolute Gasteiger partial charge is 0.486 e. The lowest BCUT2D eigenvalue weighted by Gasteiger charge is -2.29. The summed E-state index contributed by atoms with van der Waals surface area (Å²) in [6, 6.07) is 15.6. The summed E-state index contributed by atoms with van der Waals surface area (Å²) in [5.41, 5.74) is 3.93. The number of aryl methyl sites for hydroxylation is 1. The summed E-state index contributed by atoms with van der Waals surface area (Å²) in [5, 5.41) is 0. The van der Waals surface area contributed by atoms with Crippen LogP contribution in [0.3, 0.4) is 0 Å². The highest BCUT2D eigenvalue weighted by molar-refractivity contribution is 5.78. The molecule has 0 radical (unpaired) electrons. The second-order valence-corrected chi connectivity index (χ2v) is 9.96. The molecule has 1 amide bonds. The Morgan fingerprint density at radius 2 is 1.57 bits per heavy atom. The molecular weight excluding hydrogens is 436 g/mol. The number of ether oxygens (including phenoxy) is 2. The molecule has 2 aliphatic rings. The number of benzene rings is 2. The molecule has 0 saturated carbocycles. The zero-order valence-electron chi connectivity index (χ0n) is 21.8. The summed E-state index contributed by atoms with van der Waals surface area (Å²) in [4.78, 5) is 18.0. The molecule has 0 aromatic heterocycles. The van der Waals surface area contributed by atoms with Gasteiger partial charge in [-0.2, -0.15) is 0 Å². The smallest absolute Gasteiger partial charge is 0.236 e. The standard InChI is InChI=1S/C30H42N2O3/c1-4-7-15-31(16-8-5-2)30(33)22-32-21-26(19-27(32)24-11-9-23(6-3)10-12-24)25-13-14-28-29(20-25)35-18-17-34-28/h9-14,20,26-27H,4-8,15-19,21-22H2,1-3H3/t26-,27+/m0/s1. The third-order valence-corrected chi connectivity index (χ3v) is 7.47. The number of unbranched alkanes of at least 4 members (excludes halogenated alkanes) is 2. The van der Waals surface area contributed by atoms with Crippen LogP contribution in [-0.4, -0.2) is 55.1 Å². The van der Waals surface area contributed by atoms with Gasteiger partial charge in [-0.15, -0.1) is 0 Å². The number of amides is 1. The van der Waals surface area contributed by atoms with E-state index in [1.165, 1.54) is 16.7 Å². The quantitative estimate of drug-likeness (QED) is 0.398. The second-order valence-electron chi connectivity index (χ2n) is 9.96. The third kappa shape index (κ3) is 6.38. The molecule has 2 aromatic rings. The topological polar surface area (TPSA) is 42.0 Å². The maximum Gasteiger partial charge on any atom is 0.236 e. The Morgan fingerprint density at radius 1 is 0.914 bits per heavy atom. The Hall–Kier alpha value is -2.53. The molecule has 4 rings (SSSR count). The summed E-state index contributed by atoms with van der Waals surface area (Å²) in [7, 11) is 0. The molecule has 2 atom stereocenters. The maximum absolute atomic E-state index is 13.5. The molecule has 1 fully saturated rings. The summed E-state index contributed by atoms with van der Waals surface area (Å²) in [5.74, 6) is 2.30. The van der Waals surface area contributed by atoms with Gasteiger partial charge in [0.05, 0.1) is 6.54 Å². The van der Waals surface area contributed by atoms with Crippen molar-refractivity contribution in [2.24, 2.45) is 0 Å². The molecule has 0 bridgehead atoms. The SMILES string of the molecule is CCCCN(CCCC)C(=O)CN1C[C@@H](c2ccc3c(c2)OCCO3)C[C@@H]1c1ccc(CC)cc1. The zero-order valence-corrected chi connectivity index (χ0v) is 21.8. The first-order chi connectivity index (χ1) is 17.1. The van der Waals surface area contributed by atoms with Gasteiger partial charge in [-0.1, -0.05) is 63.9 Å². The first kappa shape index (κ1) is 25.6. The van der Waals surface area contributed by atoms with Crippen molar-refractivity contribution in [3.05, 3.63) is 59.2 Å². The van der Waals surface area contributed by atoms with Crippen LogP contribution in [0.4, 0.5) is 0 Å². The van der Waals surface area contributed by atoms with Crippen molar-refractivity contribution >= 4 is 5.91 Å². The van der Waals surface area contributed by atoms with Crippen LogP contribution in [0, 0.1) is 0 Å². The van der Waals surface area contributed by atoms with Gasteiger partial charge in [0, 0.05) is 25.7 Å². The summed E-state index contributed by atoms with van der Waals surface area (Å²) in [6.45, 7) is 10.9. The van der Waals surface area contributed by atoms with Crippen LogP contribution in [-0.2, 0) is 11.2 Å². The fourth-order valence-electron chi connectivity index (χ4n) is 5.29. The highest BCUT2D eigenvalue weighted by Crippen LogP contribution is 2.43. The van der Waals surface area contributed by atoms with E-state index in [0.29, 0.717) is 25.7 Å². The molecule has 0 unspecified atom stereocenters. The summed E-state index contributed by atoms with van der Waals surface area (Å²) >= 11 is 0. The van der Waals surface area contributed by atoms with E-state index in [1.807, 2.05) is 6.07 Å². The van der Waals surface area contributed by atoms with Gasteiger partial charge >= 0.3 is 0 Å². The van der Waals surface area contributed by atoms with Crippen LogP contribution in [0.15, 0.2) is 42.5 Å². The molecule has 0 spiro atoms. The highest BCUT2D eigenvalue weighted by Gasteiger charge is 2.36. The predicted molar refractivity (Wildman–Crippen MR) is 141 cm³/mol. The van der Waals surface area contributed by atoms with E-state index >= 15 is 0 Å². The summed E-state index contributed by atoms with van der Waals surface area (Å²) < 4.78 is 11.6. The Balaban J connectivity index is 1.55. The van der Waals surface area contributed by atoms with E-state index in [9.17, 15) is 4.79 Å². The fraction of sp³-hybridized carbons (Fsp3) is 0.567. The van der Waals surface area contributed by atoms with Crippen LogP contribution < -0.4 is 9.47 Å². The van der Waals surface area contributed by atoms with E-state index in [2.05, 4.69) is 67.0 Å². The Labute approximate surface area is 211 Å². The minimum Gasteiger partial charge on any atom is -0.486 e. The Kier molecular flexibility index (Phi) is 9.08. The first-order valence-electron chi connectivity index (χ1n) is 13.6. The van der Waals surface area contributed by atoms with Crippen molar-refractivity contribution in [2.45, 2.75) is 71.3 Å². The normalized spacial score (nSPS) is 19.6. The van der Waals surface area contributed by atoms with E-state index in [0.717, 1.165) is 69.7 Å². The highest BCUT2D eigenvalue weighted by atomic mass is 16.6. The molecule has 2 heterocycles. The molecule has 2 aromatic carbocycles. The number of hydrogen-bond acceptors (Lipinski definition) is 4. The van der Waals surface area contributed by atoms with Crippen LogP contribution in [0.25, 0.3) is 0 Å². The van der Waals surface area contributed by atoms with Gasteiger partial charge in [-0.05, 0) is 60.4 Å². The van der Waals surface area contributed by atoms with Crippen LogP contribution in [0.1, 0.15) is 81.5 Å². The van der Waals surface area contributed by atoms with Gasteiger partial charge in [0.25, 0.3) is 0 Å². The van der Waals surface area contributed by atoms with Crippen molar-refractivity contribution in [1.29, 1.82) is 0 Å². The van der Waals surface area contributed by atoms with Gasteiger partial charge in [-0.25, -0.2) is 0 Å². The van der Waals surface area contributed by atoms with Crippen molar-refractivity contribution in [3.63, 3.8) is 0 Å². The molecule has 2 aliphatic heterocycles. The zero-order chi connectivity index (χ0) is 24.6. The lowest BCUT2D eigenvalue weighted by molar-refractivity contribution is -0.132. The number of likely N-dealkylation sites (tertiary alicyclic amines) is 1. The molecule has 5 heteroatoms. The van der Waals surface area contributed by atoms with Gasteiger partial charge in [0.1, 0.15) is 13.2 Å². The van der Waals surface area contributed by atoms with Crippen LogP contribution >= 0.6 is 0 Å². The third-order valence-electron chi connectivity index (χ3n) is 7.47. The van der Waals surface area contributed by atoms with E-state index < -0.39 is 0 Å². The van der Waals surface area contributed by atoms with E-state index in [1.54, 1.807) is 0 Å². The van der Waals surface area contributed by atoms with Gasteiger partial charge in [-0.3, -0.25) is 9.69 Å². The predicted octanol–water partition coefficient (Wildman–Crippen LogP) is 5.98. The van der Waals surface area contributed by atoms with Gasteiger partial charge in [0.2, 0.25) is 5.91 Å². The Morgan fingerprint density at radius 3 is 2.23 bits per heavy atom. The van der Waals surface area contributed by atoms with Crippen LogP contribution in [0.2, 0.25) is 0 Å². The minimum absolute atomic E-state index is 0.238. The number of carbonyl (C=O) groups is 1. The van der Waals surface area contributed by atoms with Crippen molar-refractivity contribution in [2.75, 3.05) is 39.4 Å². The summed E-state index contributed by atoms with van der Waals surface area (Å²) in [6.07, 6.45) is 6.39. The molecule has 35 heavy (non-hydrogen) atoms. The van der Waals surface area contributed by atoms with Crippen molar-refractivity contribution < 1.29 is 14.3 Å². The Bertz CT molecular complexity index is 951. The van der Waals surface area contributed by atoms with E-state index in [4.69, 9.17) is 9.47 Å². The number of nitrogens with zero attached hydrogens (tertiary/aromatic N) is 2. The molecule has 0 N–H and O–H groups in total. The van der Waals surface area contributed by atoms with E-state index in [-0.39, 0.29) is 11.9 Å². The average Bonchev–Trinajstić information content (AvgIpc) is 3.32. The molecule has 190 valence electrons. The number of carbonyl (C=O) groups excluding carboxylic acids is 1. The van der Waals surface area contributed by atoms with Gasteiger partial charge in [0.15, 0.2) is 11.5 Å². The molecule has 1 saturated heterocycles.